The number of nitrogens with zero attached hydrogens (tertiary/aromatic N) is 4. The maximum atomic E-state index is 5.93. The lowest BCUT2D eigenvalue weighted by Gasteiger charge is -2.16. The van der Waals surface area contributed by atoms with Crippen molar-refractivity contribution in [3.8, 4) is 0 Å². The molecule has 0 aromatic heterocycles. The minimum Gasteiger partial charge on any atom is -0.387 e. The molecule has 0 aliphatic carbocycles. The number of hydrogen-bond acceptors (Lipinski definition) is 2. The van der Waals surface area contributed by atoms with E-state index in [0.717, 1.165) is 6.42 Å². The van der Waals surface area contributed by atoms with Crippen LogP contribution in [0.1, 0.15) is 48.0 Å². The third-order valence-corrected chi connectivity index (χ3v) is 3.74. The van der Waals surface area contributed by atoms with E-state index in [-0.39, 0.29) is 28.7 Å². The highest BCUT2D eigenvalue weighted by Gasteiger charge is 2.15. The zero-order valence-corrected chi connectivity index (χ0v) is 18.3. The summed E-state index contributed by atoms with van der Waals surface area (Å²) in [5.74, 6) is 0.743. The van der Waals surface area contributed by atoms with Gasteiger partial charge < -0.3 is 28.3 Å². The highest BCUT2D eigenvalue weighted by atomic mass is 15.2. The number of amidine groups is 1. The number of guanidine groups is 3. The topological polar surface area (TPSA) is 166 Å². The Balaban J connectivity index is 2.85. The summed E-state index contributed by atoms with van der Waals surface area (Å²) in [6.07, 6.45) is 0.903. The van der Waals surface area contributed by atoms with Crippen molar-refractivity contribution in [2.75, 3.05) is 11.9 Å². The van der Waals surface area contributed by atoms with Crippen LogP contribution in [0, 0.1) is 10.8 Å². The molecule has 1 aromatic carbocycles. The average Bonchev–Trinajstić information content (AvgIpc) is 2.52. The van der Waals surface area contributed by atoms with Crippen LogP contribution < -0.4 is 28.3 Å². The van der Waals surface area contributed by atoms with Gasteiger partial charge in [0.05, 0.1) is 5.69 Å². The molecule has 0 radical (unpaired) electrons. The molecule has 29 heavy (non-hydrogen) atoms. The average molecular weight is 402 g/mol. The van der Waals surface area contributed by atoms with Crippen molar-refractivity contribution in [3.63, 3.8) is 0 Å². The summed E-state index contributed by atoms with van der Waals surface area (Å²) in [6, 6.07) is 7.16. The van der Waals surface area contributed by atoms with E-state index >= 15 is 0 Å². The fourth-order valence-electron chi connectivity index (χ4n) is 1.94. The molecule has 9 nitrogen and oxygen atoms in total. The Hall–Kier alpha value is -3.10. The number of nitrogens with two attached hydrogens (primary N) is 4. The number of aliphatic imine (C=N–C) groups is 4. The fourth-order valence-corrected chi connectivity index (χ4v) is 1.94. The minimum atomic E-state index is -0.289. The van der Waals surface area contributed by atoms with Crippen molar-refractivity contribution in [1.29, 1.82) is 0 Å². The second-order valence-electron chi connectivity index (χ2n) is 8.94. The molecule has 0 saturated heterocycles. The zero-order chi connectivity index (χ0) is 22.2. The van der Waals surface area contributed by atoms with Gasteiger partial charge in [0.2, 0.25) is 17.9 Å². The van der Waals surface area contributed by atoms with Crippen LogP contribution in [0.15, 0.2) is 44.2 Å². The molecule has 0 bridgehead atoms. The minimum absolute atomic E-state index is 0.0754. The molecule has 0 spiro atoms. The molecular weight excluding hydrogens is 366 g/mol. The van der Waals surface area contributed by atoms with E-state index in [9.17, 15) is 0 Å². The molecule has 1 aromatic rings. The van der Waals surface area contributed by atoms with E-state index < -0.39 is 0 Å². The number of anilines is 1. The molecule has 160 valence electrons. The monoisotopic (exact) mass is 401 g/mol. The van der Waals surface area contributed by atoms with E-state index in [1.54, 1.807) is 18.2 Å². The molecule has 0 atom stereocenters. The van der Waals surface area contributed by atoms with Crippen LogP contribution in [0.2, 0.25) is 0 Å². The Morgan fingerprint density at radius 1 is 0.931 bits per heavy atom. The van der Waals surface area contributed by atoms with Crippen molar-refractivity contribution in [3.05, 3.63) is 24.3 Å². The first-order valence-electron chi connectivity index (χ1n) is 9.46. The summed E-state index contributed by atoms with van der Waals surface area (Å²) in [5, 5.41) is 2.95. The summed E-state index contributed by atoms with van der Waals surface area (Å²) in [6.45, 7) is 12.9. The van der Waals surface area contributed by atoms with Gasteiger partial charge in [-0.05, 0) is 30.0 Å². The maximum absolute atomic E-state index is 5.93. The molecule has 0 aliphatic rings. The van der Waals surface area contributed by atoms with Crippen molar-refractivity contribution >= 4 is 35.1 Å². The largest absolute Gasteiger partial charge is 0.387 e. The van der Waals surface area contributed by atoms with E-state index in [0.29, 0.717) is 23.8 Å². The van der Waals surface area contributed by atoms with Crippen LogP contribution in [-0.4, -0.2) is 30.3 Å². The fraction of sp³-hybridized carbons (Fsp3) is 0.500. The van der Waals surface area contributed by atoms with Gasteiger partial charge in [-0.25, -0.2) is 9.98 Å². The maximum Gasteiger partial charge on any atom is 0.222 e. The SMILES string of the molecule is CC(C)(C)CCN=C(N)N=C(N)Nc1cccc(N=C(N)N=C(N)C(C)(C)C)c1. The number of benzene rings is 1. The molecule has 1 rings (SSSR count). The van der Waals surface area contributed by atoms with Gasteiger partial charge in [0, 0.05) is 17.6 Å². The molecule has 0 fully saturated rings. The number of hydrogen-bond donors (Lipinski definition) is 5. The van der Waals surface area contributed by atoms with Crippen molar-refractivity contribution in [2.24, 2.45) is 53.7 Å². The first kappa shape index (κ1) is 23.9. The third kappa shape index (κ3) is 10.1. The molecule has 0 saturated carbocycles. The van der Waals surface area contributed by atoms with Crippen LogP contribution in [0.3, 0.4) is 0 Å². The second-order valence-corrected chi connectivity index (χ2v) is 8.94. The van der Waals surface area contributed by atoms with Crippen molar-refractivity contribution in [1.82, 2.24) is 0 Å². The summed E-state index contributed by atoms with van der Waals surface area (Å²) in [5.41, 5.74) is 24.7. The Kier molecular flexibility index (Phi) is 8.17. The molecule has 0 heterocycles. The summed E-state index contributed by atoms with van der Waals surface area (Å²) in [4.78, 5) is 16.7. The van der Waals surface area contributed by atoms with Crippen molar-refractivity contribution in [2.45, 2.75) is 48.0 Å². The first-order chi connectivity index (χ1) is 13.3. The molecule has 9 heteroatoms. The Morgan fingerprint density at radius 3 is 2.17 bits per heavy atom. The highest BCUT2D eigenvalue weighted by molar-refractivity contribution is 6.01. The number of rotatable bonds is 4. The Labute approximate surface area is 173 Å². The number of nitrogens with one attached hydrogen (secondary N) is 1. The zero-order valence-electron chi connectivity index (χ0n) is 18.3. The first-order valence-corrected chi connectivity index (χ1v) is 9.46. The van der Waals surface area contributed by atoms with Gasteiger partial charge in [-0.3, -0.25) is 4.99 Å². The summed E-state index contributed by atoms with van der Waals surface area (Å²) in [7, 11) is 0. The van der Waals surface area contributed by atoms with Gasteiger partial charge in [-0.1, -0.05) is 47.6 Å². The quantitative estimate of drug-likeness (QED) is 0.385. The Morgan fingerprint density at radius 2 is 1.59 bits per heavy atom. The van der Waals surface area contributed by atoms with Crippen LogP contribution in [-0.2, 0) is 0 Å². The standard InChI is InChI=1S/C20H35N9/c1-19(2,3)10-11-25-16(22)29-18(24)27-14-9-7-8-13(12-14)26-17(23)28-15(21)20(4,5)6/h7-9,12H,10-11H2,1-6H3,(H4,21,23,26,28)(H5,22,24,25,27,29). The predicted octanol–water partition coefficient (Wildman–Crippen LogP) is 2.51. The lowest BCUT2D eigenvalue weighted by atomic mass is 9.93. The van der Waals surface area contributed by atoms with Gasteiger partial charge >= 0.3 is 0 Å². The molecule has 0 unspecified atom stereocenters. The van der Waals surface area contributed by atoms with Gasteiger partial charge in [-0.15, -0.1) is 0 Å². The van der Waals surface area contributed by atoms with Crippen LogP contribution >= 0.6 is 0 Å². The molecule has 0 aliphatic heterocycles. The van der Waals surface area contributed by atoms with E-state index in [4.69, 9.17) is 22.9 Å². The predicted molar refractivity (Wildman–Crippen MR) is 125 cm³/mol. The highest BCUT2D eigenvalue weighted by Crippen LogP contribution is 2.19. The normalized spacial score (nSPS) is 14.8. The van der Waals surface area contributed by atoms with E-state index in [1.807, 2.05) is 26.8 Å². The van der Waals surface area contributed by atoms with Crippen molar-refractivity contribution < 1.29 is 0 Å². The van der Waals surface area contributed by atoms with E-state index in [2.05, 4.69) is 46.1 Å². The van der Waals surface area contributed by atoms with Gasteiger partial charge in [0.25, 0.3) is 0 Å². The molecular formula is C20H35N9. The smallest absolute Gasteiger partial charge is 0.222 e. The molecule has 0 amide bonds. The van der Waals surface area contributed by atoms with Gasteiger partial charge in [0.1, 0.15) is 5.84 Å². The lowest BCUT2D eigenvalue weighted by Crippen LogP contribution is -2.31. The van der Waals surface area contributed by atoms with Gasteiger partial charge in [-0.2, -0.15) is 4.99 Å². The second kappa shape index (κ2) is 9.90. The van der Waals surface area contributed by atoms with Crippen LogP contribution in [0.25, 0.3) is 0 Å². The summed E-state index contributed by atoms with van der Waals surface area (Å²) >= 11 is 0. The Bertz CT molecular complexity index is 806. The molecule has 9 N–H and O–H groups in total. The van der Waals surface area contributed by atoms with Crippen LogP contribution in [0.4, 0.5) is 11.4 Å². The third-order valence-electron chi connectivity index (χ3n) is 3.74. The summed E-state index contributed by atoms with van der Waals surface area (Å²) < 4.78 is 0. The lowest BCUT2D eigenvalue weighted by molar-refractivity contribution is 0.385. The van der Waals surface area contributed by atoms with E-state index in [1.165, 1.54) is 0 Å². The van der Waals surface area contributed by atoms with Gasteiger partial charge in [0.15, 0.2) is 0 Å². The van der Waals surface area contributed by atoms with Crippen LogP contribution in [0.5, 0.6) is 0 Å².